The van der Waals surface area contributed by atoms with Gasteiger partial charge >= 0.3 is 0 Å². The van der Waals surface area contributed by atoms with Gasteiger partial charge in [-0.15, -0.1) is 0 Å². The molecule has 0 radical (unpaired) electrons. The molecule has 0 amide bonds. The van der Waals surface area contributed by atoms with Gasteiger partial charge in [-0.2, -0.15) is 0 Å². The second-order valence-electron chi connectivity index (χ2n) is 5.18. The van der Waals surface area contributed by atoms with Crippen molar-refractivity contribution < 1.29 is 24.1 Å². The molecule has 0 unspecified atom stereocenters. The molecule has 0 bridgehead atoms. The molecule has 1 N–H and O–H groups in total. The summed E-state index contributed by atoms with van der Waals surface area (Å²) in [5, 5.41) is 10.5. The van der Waals surface area contributed by atoms with Crippen molar-refractivity contribution in [3.05, 3.63) is 46.4 Å². The van der Waals surface area contributed by atoms with E-state index in [4.69, 9.17) is 18.9 Å². The highest BCUT2D eigenvalue weighted by Crippen LogP contribution is 2.36. The maximum Gasteiger partial charge on any atom is 0.231 e. The van der Waals surface area contributed by atoms with E-state index in [1.807, 2.05) is 12.1 Å². The molecule has 0 saturated heterocycles. The average Bonchev–Trinajstić information content (AvgIpc) is 3.03. The number of aliphatic hydroxyl groups excluding tert-OH is 1. The first kappa shape index (κ1) is 16.0. The molecule has 0 saturated carbocycles. The Hall–Kier alpha value is -1.92. The van der Waals surface area contributed by atoms with E-state index in [-0.39, 0.29) is 6.79 Å². The van der Waals surface area contributed by atoms with Crippen LogP contribution < -0.4 is 18.9 Å². The second kappa shape index (κ2) is 6.68. The fourth-order valence-corrected chi connectivity index (χ4v) is 2.71. The lowest BCUT2D eigenvalue weighted by molar-refractivity contribution is 0.0450. The molecule has 2 aromatic rings. The first-order chi connectivity index (χ1) is 11.1. The summed E-state index contributed by atoms with van der Waals surface area (Å²) >= 11 is 3.39. The van der Waals surface area contributed by atoms with Crippen molar-refractivity contribution in [2.24, 2.45) is 0 Å². The summed E-state index contributed by atoms with van der Waals surface area (Å²) in [4.78, 5) is 0. The van der Waals surface area contributed by atoms with E-state index in [9.17, 15) is 5.11 Å². The summed E-state index contributed by atoms with van der Waals surface area (Å²) in [6, 6.07) is 10.8. The minimum Gasteiger partial charge on any atom is -0.493 e. The molecule has 6 heteroatoms. The van der Waals surface area contributed by atoms with E-state index in [1.54, 1.807) is 38.3 Å². The summed E-state index contributed by atoms with van der Waals surface area (Å²) in [7, 11) is 1.58. The van der Waals surface area contributed by atoms with Gasteiger partial charge in [0.25, 0.3) is 0 Å². The molecule has 2 atom stereocenters. The SMILES string of the molecule is COc1cc(Br)ccc1O[C@H](C)[C@@H](O)c1ccc2c(c1)OCO2. The third kappa shape index (κ3) is 3.38. The van der Waals surface area contributed by atoms with Crippen molar-refractivity contribution in [3.63, 3.8) is 0 Å². The quantitative estimate of drug-likeness (QED) is 0.856. The highest BCUT2D eigenvalue weighted by atomic mass is 79.9. The maximum atomic E-state index is 10.5. The van der Waals surface area contributed by atoms with Crippen LogP contribution in [0.25, 0.3) is 0 Å². The Kier molecular flexibility index (Phi) is 4.63. The zero-order chi connectivity index (χ0) is 16.4. The van der Waals surface area contributed by atoms with E-state index < -0.39 is 12.2 Å². The highest BCUT2D eigenvalue weighted by Gasteiger charge is 2.22. The highest BCUT2D eigenvalue weighted by molar-refractivity contribution is 9.10. The van der Waals surface area contributed by atoms with E-state index in [2.05, 4.69) is 15.9 Å². The third-order valence-corrected chi connectivity index (χ3v) is 4.11. The van der Waals surface area contributed by atoms with E-state index >= 15 is 0 Å². The number of benzene rings is 2. The lowest BCUT2D eigenvalue weighted by Crippen LogP contribution is -2.22. The van der Waals surface area contributed by atoms with Crippen LogP contribution in [-0.2, 0) is 0 Å². The molecule has 0 spiro atoms. The third-order valence-electron chi connectivity index (χ3n) is 3.62. The van der Waals surface area contributed by atoms with Gasteiger partial charge in [0.05, 0.1) is 7.11 Å². The Bertz CT molecular complexity index is 703. The van der Waals surface area contributed by atoms with Crippen LogP contribution in [0.15, 0.2) is 40.9 Å². The Morgan fingerprint density at radius 2 is 1.87 bits per heavy atom. The van der Waals surface area contributed by atoms with Gasteiger partial charge in [-0.25, -0.2) is 0 Å². The van der Waals surface area contributed by atoms with Crippen LogP contribution in [0.5, 0.6) is 23.0 Å². The smallest absolute Gasteiger partial charge is 0.231 e. The van der Waals surface area contributed by atoms with Crippen molar-refractivity contribution in [2.45, 2.75) is 19.1 Å². The van der Waals surface area contributed by atoms with Crippen LogP contribution in [0.3, 0.4) is 0 Å². The van der Waals surface area contributed by atoms with Gasteiger partial charge in [-0.3, -0.25) is 0 Å². The minimum absolute atomic E-state index is 0.205. The Morgan fingerprint density at radius 1 is 1.09 bits per heavy atom. The predicted molar refractivity (Wildman–Crippen MR) is 88.3 cm³/mol. The van der Waals surface area contributed by atoms with Crippen LogP contribution in [-0.4, -0.2) is 25.1 Å². The number of ether oxygens (including phenoxy) is 4. The molecule has 122 valence electrons. The number of hydrogen-bond donors (Lipinski definition) is 1. The van der Waals surface area contributed by atoms with Gasteiger partial charge in [0, 0.05) is 4.47 Å². The van der Waals surface area contributed by atoms with Crippen LogP contribution >= 0.6 is 15.9 Å². The largest absolute Gasteiger partial charge is 0.493 e. The monoisotopic (exact) mass is 380 g/mol. The summed E-state index contributed by atoms with van der Waals surface area (Å²) in [6.45, 7) is 2.01. The zero-order valence-electron chi connectivity index (χ0n) is 12.8. The van der Waals surface area contributed by atoms with Gasteiger partial charge in [-0.05, 0) is 42.8 Å². The first-order valence-electron chi connectivity index (χ1n) is 7.16. The predicted octanol–water partition coefficient (Wildman–Crippen LogP) is 3.69. The molecule has 1 aliphatic heterocycles. The fraction of sp³-hybridized carbons (Fsp3) is 0.294. The van der Waals surface area contributed by atoms with Crippen LogP contribution in [0.2, 0.25) is 0 Å². The van der Waals surface area contributed by atoms with Crippen molar-refractivity contribution in [2.75, 3.05) is 13.9 Å². The summed E-state index contributed by atoms with van der Waals surface area (Å²) in [6.07, 6.45) is -1.27. The molecule has 2 aromatic carbocycles. The van der Waals surface area contributed by atoms with Crippen LogP contribution in [0.4, 0.5) is 0 Å². The maximum absolute atomic E-state index is 10.5. The normalized spacial score (nSPS) is 15.1. The minimum atomic E-state index is -0.808. The Labute approximate surface area is 142 Å². The van der Waals surface area contributed by atoms with Gasteiger partial charge in [-0.1, -0.05) is 22.0 Å². The number of aliphatic hydroxyl groups is 1. The second-order valence-corrected chi connectivity index (χ2v) is 6.09. The van der Waals surface area contributed by atoms with E-state index in [1.165, 1.54) is 0 Å². The number of hydrogen-bond acceptors (Lipinski definition) is 5. The molecule has 23 heavy (non-hydrogen) atoms. The molecular weight excluding hydrogens is 364 g/mol. The fourth-order valence-electron chi connectivity index (χ4n) is 2.37. The first-order valence-corrected chi connectivity index (χ1v) is 7.95. The van der Waals surface area contributed by atoms with Crippen molar-refractivity contribution in [3.8, 4) is 23.0 Å². The van der Waals surface area contributed by atoms with E-state index in [0.717, 1.165) is 4.47 Å². The number of fused-ring (bicyclic) bond motifs is 1. The number of halogens is 1. The number of methoxy groups -OCH3 is 1. The molecule has 1 aliphatic rings. The topological polar surface area (TPSA) is 57.2 Å². The lowest BCUT2D eigenvalue weighted by atomic mass is 10.0. The van der Waals surface area contributed by atoms with Gasteiger partial charge in [0.1, 0.15) is 12.2 Å². The lowest BCUT2D eigenvalue weighted by Gasteiger charge is -2.22. The molecule has 0 aromatic heterocycles. The van der Waals surface area contributed by atoms with Gasteiger partial charge in [0.2, 0.25) is 6.79 Å². The summed E-state index contributed by atoms with van der Waals surface area (Å²) < 4.78 is 22.7. The van der Waals surface area contributed by atoms with Gasteiger partial charge in [0.15, 0.2) is 23.0 Å². The number of rotatable bonds is 5. The Morgan fingerprint density at radius 3 is 2.65 bits per heavy atom. The molecule has 0 aliphatic carbocycles. The summed E-state index contributed by atoms with van der Waals surface area (Å²) in [5.41, 5.74) is 0.706. The van der Waals surface area contributed by atoms with Crippen LogP contribution in [0, 0.1) is 0 Å². The molecule has 3 rings (SSSR count). The zero-order valence-corrected chi connectivity index (χ0v) is 14.4. The molecular formula is C17H17BrO5. The molecule has 0 fully saturated rings. The van der Waals surface area contributed by atoms with Crippen molar-refractivity contribution >= 4 is 15.9 Å². The Balaban J connectivity index is 1.76. The standard InChI is InChI=1S/C17H17BrO5/c1-10(23-14-6-4-12(18)8-15(14)20-2)17(19)11-3-5-13-16(7-11)22-9-21-13/h3-8,10,17,19H,9H2,1-2H3/t10-,17-/m1/s1. The molecule has 5 nitrogen and oxygen atoms in total. The average molecular weight is 381 g/mol. The van der Waals surface area contributed by atoms with Crippen molar-refractivity contribution in [1.82, 2.24) is 0 Å². The summed E-state index contributed by atoms with van der Waals surface area (Å²) in [5.74, 6) is 2.49. The van der Waals surface area contributed by atoms with Crippen molar-refractivity contribution in [1.29, 1.82) is 0 Å². The van der Waals surface area contributed by atoms with Crippen LogP contribution in [0.1, 0.15) is 18.6 Å². The van der Waals surface area contributed by atoms with Gasteiger partial charge < -0.3 is 24.1 Å². The van der Waals surface area contributed by atoms with E-state index in [0.29, 0.717) is 28.6 Å². The molecule has 1 heterocycles.